The lowest BCUT2D eigenvalue weighted by Crippen LogP contribution is -2.41. The van der Waals surface area contributed by atoms with Crippen molar-refractivity contribution in [2.75, 3.05) is 19.6 Å². The van der Waals surface area contributed by atoms with Gasteiger partial charge in [0.25, 0.3) is 0 Å². The second-order valence-corrected chi connectivity index (χ2v) is 5.81. The van der Waals surface area contributed by atoms with Crippen molar-refractivity contribution in [1.29, 1.82) is 0 Å². The maximum absolute atomic E-state index is 6.11. The molecule has 1 fully saturated rings. The molecule has 2 heterocycles. The third-order valence-corrected chi connectivity index (χ3v) is 4.34. The van der Waals surface area contributed by atoms with Gasteiger partial charge in [0.2, 0.25) is 0 Å². The van der Waals surface area contributed by atoms with Crippen LogP contribution in [0.1, 0.15) is 30.5 Å². The summed E-state index contributed by atoms with van der Waals surface area (Å²) in [5, 5.41) is 1.31. The number of nitrogens with two attached hydrogens (primary N) is 1. The number of aromatic amines is 1. The van der Waals surface area contributed by atoms with Gasteiger partial charge >= 0.3 is 0 Å². The van der Waals surface area contributed by atoms with Crippen molar-refractivity contribution >= 4 is 40.8 Å². The number of aromatic nitrogens is 1. The maximum atomic E-state index is 6.11. The highest BCUT2D eigenvalue weighted by atomic mass is 127. The van der Waals surface area contributed by atoms with E-state index in [9.17, 15) is 0 Å². The molecule has 1 aliphatic heterocycles. The Morgan fingerprint density at radius 3 is 2.73 bits per heavy atom. The molecule has 0 atom stereocenters. The second-order valence-electron chi connectivity index (χ2n) is 5.81. The number of hydrogen-bond donors (Lipinski definition) is 2. The molecule has 0 bridgehead atoms. The summed E-state index contributed by atoms with van der Waals surface area (Å²) < 4.78 is 0. The monoisotopic (exact) mass is 412 g/mol. The number of nitrogens with one attached hydrogen (secondary N) is 1. The molecule has 4 nitrogen and oxygen atoms in total. The van der Waals surface area contributed by atoms with Gasteiger partial charge in [-0.05, 0) is 44.2 Å². The van der Waals surface area contributed by atoms with E-state index < -0.39 is 0 Å². The quantitative estimate of drug-likeness (QED) is 0.461. The summed E-state index contributed by atoms with van der Waals surface area (Å²) in [6.45, 7) is 5.00. The zero-order valence-electron chi connectivity index (χ0n) is 13.1. The number of hydrogen-bond acceptors (Lipinski definition) is 1. The van der Waals surface area contributed by atoms with Crippen LogP contribution in [-0.2, 0) is 6.42 Å². The Bertz CT molecular complexity index is 641. The smallest absolute Gasteiger partial charge is 0.191 e. The predicted molar refractivity (Wildman–Crippen MR) is 104 cm³/mol. The summed E-state index contributed by atoms with van der Waals surface area (Å²) in [5.74, 6) is 0.715. The van der Waals surface area contributed by atoms with Crippen LogP contribution < -0.4 is 5.73 Å². The van der Waals surface area contributed by atoms with Crippen LogP contribution in [0.4, 0.5) is 0 Å². The topological polar surface area (TPSA) is 57.4 Å². The number of fused-ring (bicyclic) bond motifs is 1. The van der Waals surface area contributed by atoms with Crippen LogP contribution in [0, 0.1) is 6.92 Å². The molecule has 0 amide bonds. The van der Waals surface area contributed by atoms with E-state index in [1.807, 2.05) is 0 Å². The first-order valence-corrected chi connectivity index (χ1v) is 7.87. The first-order chi connectivity index (χ1) is 10.3. The summed E-state index contributed by atoms with van der Waals surface area (Å²) in [6.07, 6.45) is 4.72. The lowest BCUT2D eigenvalue weighted by atomic mass is 10.1. The zero-order valence-corrected chi connectivity index (χ0v) is 15.5. The molecule has 1 aliphatic rings. The number of benzene rings is 1. The van der Waals surface area contributed by atoms with Crippen molar-refractivity contribution in [3.05, 3.63) is 35.5 Å². The maximum Gasteiger partial charge on any atom is 0.191 e. The number of guanidine groups is 1. The number of aliphatic imine (C=N–C) groups is 1. The van der Waals surface area contributed by atoms with E-state index in [1.165, 1.54) is 41.4 Å². The Hall–Kier alpha value is -1.24. The fourth-order valence-electron chi connectivity index (χ4n) is 3.16. The fraction of sp³-hybridized carbons (Fsp3) is 0.471. The molecular weight excluding hydrogens is 387 g/mol. The molecule has 3 rings (SSSR count). The number of piperidine rings is 1. The molecule has 1 saturated heterocycles. The van der Waals surface area contributed by atoms with Gasteiger partial charge in [0.05, 0.1) is 0 Å². The van der Waals surface area contributed by atoms with Gasteiger partial charge in [0, 0.05) is 36.2 Å². The van der Waals surface area contributed by atoms with Gasteiger partial charge in [0.15, 0.2) is 5.96 Å². The molecule has 5 heteroatoms. The molecule has 0 unspecified atom stereocenters. The van der Waals surface area contributed by atoms with Crippen molar-refractivity contribution in [2.24, 2.45) is 10.7 Å². The van der Waals surface area contributed by atoms with E-state index in [4.69, 9.17) is 5.73 Å². The molecule has 22 heavy (non-hydrogen) atoms. The Balaban J connectivity index is 0.00000176. The normalized spacial score (nSPS) is 15.9. The lowest BCUT2D eigenvalue weighted by molar-refractivity contribution is 0.338. The van der Waals surface area contributed by atoms with Crippen LogP contribution >= 0.6 is 24.0 Å². The molecule has 1 aromatic heterocycles. The summed E-state index contributed by atoms with van der Waals surface area (Å²) in [6, 6.07) is 8.45. The first kappa shape index (κ1) is 17.1. The highest BCUT2D eigenvalue weighted by Gasteiger charge is 2.12. The van der Waals surface area contributed by atoms with Crippen molar-refractivity contribution in [3.63, 3.8) is 0 Å². The molecule has 0 radical (unpaired) electrons. The van der Waals surface area contributed by atoms with Crippen LogP contribution in [0.2, 0.25) is 0 Å². The van der Waals surface area contributed by atoms with Gasteiger partial charge in [-0.3, -0.25) is 4.99 Å². The summed E-state index contributed by atoms with van der Waals surface area (Å²) in [5.41, 5.74) is 9.91. The number of para-hydroxylation sites is 1. The summed E-state index contributed by atoms with van der Waals surface area (Å²) >= 11 is 0. The molecule has 120 valence electrons. The highest BCUT2D eigenvalue weighted by molar-refractivity contribution is 14.0. The number of halogens is 1. The van der Waals surface area contributed by atoms with Crippen molar-refractivity contribution < 1.29 is 0 Å². The Labute approximate surface area is 149 Å². The molecular formula is C17H25IN4. The SMILES string of the molecule is Cc1[nH]c2ccccc2c1CCN=C(N)N1CCCCC1.I. The van der Waals surface area contributed by atoms with Crippen LogP contribution in [0.25, 0.3) is 10.9 Å². The van der Waals surface area contributed by atoms with E-state index in [0.717, 1.165) is 26.1 Å². The largest absolute Gasteiger partial charge is 0.370 e. The third kappa shape index (κ3) is 3.74. The van der Waals surface area contributed by atoms with E-state index in [2.05, 4.69) is 46.1 Å². The van der Waals surface area contributed by atoms with Crippen molar-refractivity contribution in [1.82, 2.24) is 9.88 Å². The molecule has 1 aromatic carbocycles. The highest BCUT2D eigenvalue weighted by Crippen LogP contribution is 2.22. The Kier molecular flexibility index (Phi) is 6.11. The van der Waals surface area contributed by atoms with Crippen molar-refractivity contribution in [2.45, 2.75) is 32.6 Å². The van der Waals surface area contributed by atoms with E-state index in [-0.39, 0.29) is 24.0 Å². The zero-order chi connectivity index (χ0) is 14.7. The number of nitrogens with zero attached hydrogens (tertiary/aromatic N) is 2. The molecule has 2 aromatic rings. The van der Waals surface area contributed by atoms with Crippen LogP contribution in [-0.4, -0.2) is 35.5 Å². The number of H-pyrrole nitrogens is 1. The number of aryl methyl sites for hydroxylation is 1. The predicted octanol–water partition coefficient (Wildman–Crippen LogP) is 3.44. The summed E-state index contributed by atoms with van der Waals surface area (Å²) in [7, 11) is 0. The lowest BCUT2D eigenvalue weighted by Gasteiger charge is -2.27. The minimum Gasteiger partial charge on any atom is -0.370 e. The van der Waals surface area contributed by atoms with E-state index >= 15 is 0 Å². The fourth-order valence-corrected chi connectivity index (χ4v) is 3.16. The molecule has 0 saturated carbocycles. The van der Waals surface area contributed by atoms with Crippen LogP contribution in [0.15, 0.2) is 29.3 Å². The Morgan fingerprint density at radius 1 is 1.23 bits per heavy atom. The minimum absolute atomic E-state index is 0. The average molecular weight is 412 g/mol. The van der Waals surface area contributed by atoms with E-state index in [0.29, 0.717) is 5.96 Å². The molecule has 3 N–H and O–H groups in total. The van der Waals surface area contributed by atoms with Crippen LogP contribution in [0.5, 0.6) is 0 Å². The minimum atomic E-state index is 0. The van der Waals surface area contributed by atoms with Gasteiger partial charge in [-0.15, -0.1) is 24.0 Å². The second kappa shape index (κ2) is 7.85. The van der Waals surface area contributed by atoms with Gasteiger partial charge in [-0.1, -0.05) is 18.2 Å². The van der Waals surface area contributed by atoms with Gasteiger partial charge in [0.1, 0.15) is 0 Å². The van der Waals surface area contributed by atoms with Gasteiger partial charge in [-0.2, -0.15) is 0 Å². The molecule has 0 spiro atoms. The average Bonchev–Trinajstić information content (AvgIpc) is 2.84. The number of rotatable bonds is 3. The third-order valence-electron chi connectivity index (χ3n) is 4.34. The standard InChI is InChI=1S/C17H24N4.HI/c1-13-14(15-7-3-4-8-16(15)20-13)9-10-19-17(18)21-11-5-2-6-12-21;/h3-4,7-8,20H,2,5-6,9-12H2,1H3,(H2,18,19);1H. The van der Waals surface area contributed by atoms with Gasteiger partial charge < -0.3 is 15.6 Å². The van der Waals surface area contributed by atoms with E-state index in [1.54, 1.807) is 0 Å². The summed E-state index contributed by atoms with van der Waals surface area (Å²) in [4.78, 5) is 10.2. The van der Waals surface area contributed by atoms with Crippen LogP contribution in [0.3, 0.4) is 0 Å². The number of likely N-dealkylation sites (tertiary alicyclic amines) is 1. The van der Waals surface area contributed by atoms with Crippen molar-refractivity contribution in [3.8, 4) is 0 Å². The Morgan fingerprint density at radius 2 is 1.95 bits per heavy atom. The van der Waals surface area contributed by atoms with Gasteiger partial charge in [-0.25, -0.2) is 0 Å². The molecule has 0 aliphatic carbocycles. The first-order valence-electron chi connectivity index (χ1n) is 7.87.